The number of rotatable bonds is 5. The van der Waals surface area contributed by atoms with Crippen molar-refractivity contribution in [3.63, 3.8) is 0 Å². The molecule has 2 fully saturated rings. The van der Waals surface area contributed by atoms with Gasteiger partial charge in [0.2, 0.25) is 10.0 Å². The van der Waals surface area contributed by atoms with Crippen LogP contribution >= 0.6 is 0 Å². The number of hydrogen-bond acceptors (Lipinski definition) is 3. The van der Waals surface area contributed by atoms with Crippen molar-refractivity contribution in [1.82, 2.24) is 4.31 Å². The second-order valence-corrected chi connectivity index (χ2v) is 7.09. The summed E-state index contributed by atoms with van der Waals surface area (Å²) < 4.78 is 25.9. The zero-order valence-corrected chi connectivity index (χ0v) is 10.6. The molecular weight excluding hydrogens is 224 g/mol. The Morgan fingerprint density at radius 1 is 1.19 bits per heavy atom. The second-order valence-electron chi connectivity index (χ2n) is 5.04. The quantitative estimate of drug-likeness (QED) is 0.785. The van der Waals surface area contributed by atoms with Crippen LogP contribution in [0.15, 0.2) is 0 Å². The molecule has 0 aromatic heterocycles. The lowest BCUT2D eigenvalue weighted by molar-refractivity contribution is 0.304. The van der Waals surface area contributed by atoms with Gasteiger partial charge in [0, 0.05) is 19.1 Å². The van der Waals surface area contributed by atoms with Gasteiger partial charge in [-0.3, -0.25) is 0 Å². The first-order valence-electron chi connectivity index (χ1n) is 6.33. The zero-order chi connectivity index (χ0) is 11.6. The predicted octanol–water partition coefficient (Wildman–Crippen LogP) is 0.929. The standard InChI is InChI=1S/C11H22N2O2S/c12-9-11-5-2-7-13(11)16(14,15)8-6-10-3-1-4-10/h10-11H,1-9,12H2. The molecule has 2 N–H and O–H groups in total. The number of sulfonamides is 1. The summed E-state index contributed by atoms with van der Waals surface area (Å²) >= 11 is 0. The van der Waals surface area contributed by atoms with E-state index in [0.717, 1.165) is 19.3 Å². The highest BCUT2D eigenvalue weighted by Crippen LogP contribution is 2.30. The molecule has 2 rings (SSSR count). The van der Waals surface area contributed by atoms with Crippen molar-refractivity contribution in [2.45, 2.75) is 44.6 Å². The lowest BCUT2D eigenvalue weighted by Gasteiger charge is -2.27. The van der Waals surface area contributed by atoms with Gasteiger partial charge in [-0.25, -0.2) is 8.42 Å². The van der Waals surface area contributed by atoms with Crippen LogP contribution in [-0.2, 0) is 10.0 Å². The van der Waals surface area contributed by atoms with Gasteiger partial charge >= 0.3 is 0 Å². The number of hydrogen-bond donors (Lipinski definition) is 1. The van der Waals surface area contributed by atoms with Gasteiger partial charge in [-0.2, -0.15) is 4.31 Å². The summed E-state index contributed by atoms with van der Waals surface area (Å²) in [6.45, 7) is 1.14. The van der Waals surface area contributed by atoms with Crippen molar-refractivity contribution in [2.75, 3.05) is 18.8 Å². The normalized spacial score (nSPS) is 28.2. The van der Waals surface area contributed by atoms with E-state index in [0.29, 0.717) is 24.8 Å². The topological polar surface area (TPSA) is 63.4 Å². The van der Waals surface area contributed by atoms with E-state index in [1.807, 2.05) is 0 Å². The molecule has 0 bridgehead atoms. The van der Waals surface area contributed by atoms with Crippen LogP contribution in [0.5, 0.6) is 0 Å². The van der Waals surface area contributed by atoms with E-state index in [2.05, 4.69) is 0 Å². The smallest absolute Gasteiger partial charge is 0.214 e. The summed E-state index contributed by atoms with van der Waals surface area (Å²) in [7, 11) is -3.04. The number of nitrogens with zero attached hydrogens (tertiary/aromatic N) is 1. The second kappa shape index (κ2) is 5.02. The molecule has 0 aromatic rings. The van der Waals surface area contributed by atoms with E-state index < -0.39 is 10.0 Å². The van der Waals surface area contributed by atoms with E-state index in [1.165, 1.54) is 19.3 Å². The Bertz CT molecular complexity index is 325. The third kappa shape index (κ3) is 2.57. The van der Waals surface area contributed by atoms with Gasteiger partial charge in [0.25, 0.3) is 0 Å². The molecule has 1 aliphatic carbocycles. The van der Waals surface area contributed by atoms with Crippen LogP contribution in [0.3, 0.4) is 0 Å². The Morgan fingerprint density at radius 3 is 2.50 bits per heavy atom. The SMILES string of the molecule is NCC1CCCN1S(=O)(=O)CCC1CCC1. The average molecular weight is 246 g/mol. The molecule has 2 aliphatic rings. The van der Waals surface area contributed by atoms with Gasteiger partial charge in [-0.15, -0.1) is 0 Å². The Morgan fingerprint density at radius 2 is 1.94 bits per heavy atom. The lowest BCUT2D eigenvalue weighted by atomic mass is 9.84. The molecule has 4 nitrogen and oxygen atoms in total. The molecule has 94 valence electrons. The van der Waals surface area contributed by atoms with Crippen LogP contribution < -0.4 is 5.73 Å². The van der Waals surface area contributed by atoms with Gasteiger partial charge in [0.15, 0.2) is 0 Å². The van der Waals surface area contributed by atoms with E-state index in [4.69, 9.17) is 5.73 Å². The van der Waals surface area contributed by atoms with Gasteiger partial charge in [-0.1, -0.05) is 19.3 Å². The van der Waals surface area contributed by atoms with Crippen molar-refractivity contribution in [1.29, 1.82) is 0 Å². The van der Waals surface area contributed by atoms with Crippen LogP contribution in [0.25, 0.3) is 0 Å². The van der Waals surface area contributed by atoms with Crippen LogP contribution in [0.1, 0.15) is 38.5 Å². The van der Waals surface area contributed by atoms with Crippen LogP contribution in [0.2, 0.25) is 0 Å². The molecule has 0 aromatic carbocycles. The summed E-state index contributed by atoms with van der Waals surface area (Å²) in [5.74, 6) is 0.988. The largest absolute Gasteiger partial charge is 0.329 e. The third-order valence-corrected chi connectivity index (χ3v) is 5.91. The molecule has 1 heterocycles. The Hall–Kier alpha value is -0.130. The number of nitrogens with two attached hydrogens (primary N) is 1. The van der Waals surface area contributed by atoms with Gasteiger partial charge in [0.05, 0.1) is 5.75 Å². The molecular formula is C11H22N2O2S. The zero-order valence-electron chi connectivity index (χ0n) is 9.77. The molecule has 5 heteroatoms. The molecule has 16 heavy (non-hydrogen) atoms. The first-order valence-corrected chi connectivity index (χ1v) is 7.94. The maximum absolute atomic E-state index is 12.1. The fourth-order valence-corrected chi connectivity index (χ4v) is 4.54. The van der Waals surface area contributed by atoms with E-state index in [1.54, 1.807) is 4.31 Å². The maximum Gasteiger partial charge on any atom is 0.214 e. The van der Waals surface area contributed by atoms with Crippen molar-refractivity contribution < 1.29 is 8.42 Å². The molecule has 0 radical (unpaired) electrons. The summed E-state index contributed by atoms with van der Waals surface area (Å²) in [6, 6.07) is 0.0615. The van der Waals surface area contributed by atoms with Gasteiger partial charge in [-0.05, 0) is 25.2 Å². The van der Waals surface area contributed by atoms with Crippen molar-refractivity contribution in [3.8, 4) is 0 Å². The summed E-state index contributed by atoms with van der Waals surface area (Å²) in [5.41, 5.74) is 5.61. The molecule has 1 unspecified atom stereocenters. The molecule has 1 saturated heterocycles. The minimum absolute atomic E-state index is 0.0615. The minimum Gasteiger partial charge on any atom is -0.329 e. The highest BCUT2D eigenvalue weighted by Gasteiger charge is 2.33. The van der Waals surface area contributed by atoms with Crippen molar-refractivity contribution >= 4 is 10.0 Å². The Labute approximate surface area is 98.2 Å². The first kappa shape index (κ1) is 12.3. The molecule has 1 saturated carbocycles. The van der Waals surface area contributed by atoms with E-state index in [-0.39, 0.29) is 6.04 Å². The molecule has 1 atom stereocenters. The van der Waals surface area contributed by atoms with Gasteiger partial charge in [0.1, 0.15) is 0 Å². The summed E-state index contributed by atoms with van der Waals surface area (Å²) in [5, 5.41) is 0. The fourth-order valence-electron chi connectivity index (χ4n) is 2.63. The van der Waals surface area contributed by atoms with Gasteiger partial charge < -0.3 is 5.73 Å². The van der Waals surface area contributed by atoms with E-state index in [9.17, 15) is 8.42 Å². The predicted molar refractivity (Wildman–Crippen MR) is 64.5 cm³/mol. The van der Waals surface area contributed by atoms with Crippen molar-refractivity contribution in [3.05, 3.63) is 0 Å². The van der Waals surface area contributed by atoms with Crippen LogP contribution in [-0.4, -0.2) is 37.6 Å². The monoisotopic (exact) mass is 246 g/mol. The Balaban J connectivity index is 1.89. The first-order chi connectivity index (χ1) is 7.63. The van der Waals surface area contributed by atoms with Crippen molar-refractivity contribution in [2.24, 2.45) is 11.7 Å². The maximum atomic E-state index is 12.1. The Kier molecular flexibility index (Phi) is 3.87. The fraction of sp³-hybridized carbons (Fsp3) is 1.00. The van der Waals surface area contributed by atoms with E-state index >= 15 is 0 Å². The summed E-state index contributed by atoms with van der Waals surface area (Å²) in [4.78, 5) is 0. The summed E-state index contributed by atoms with van der Waals surface area (Å²) in [6.07, 6.45) is 6.45. The molecule has 0 amide bonds. The lowest BCUT2D eigenvalue weighted by Crippen LogP contribution is -2.41. The molecule has 1 aliphatic heterocycles. The minimum atomic E-state index is -3.04. The third-order valence-electron chi connectivity index (χ3n) is 3.96. The average Bonchev–Trinajstić information content (AvgIpc) is 2.63. The highest BCUT2D eigenvalue weighted by atomic mass is 32.2. The van der Waals surface area contributed by atoms with Crippen LogP contribution in [0.4, 0.5) is 0 Å². The van der Waals surface area contributed by atoms with Crippen LogP contribution in [0, 0.1) is 5.92 Å². The molecule has 0 spiro atoms. The highest BCUT2D eigenvalue weighted by molar-refractivity contribution is 7.89.